The average Bonchev–Trinajstić information content (AvgIpc) is 3.10. The Labute approximate surface area is 160 Å². The summed E-state index contributed by atoms with van der Waals surface area (Å²) in [6, 6.07) is 14.0. The van der Waals surface area contributed by atoms with E-state index in [2.05, 4.69) is 15.6 Å². The van der Waals surface area contributed by atoms with Crippen LogP contribution in [-0.4, -0.2) is 17.9 Å². The maximum atomic E-state index is 13.0. The topological polar surface area (TPSA) is 63.3 Å². The molecule has 2 aromatic carbocycles. The van der Waals surface area contributed by atoms with Gasteiger partial charge in [0.05, 0.1) is 4.88 Å². The number of hydrogen-bond acceptors (Lipinski definition) is 5. The Morgan fingerprint density at radius 3 is 2.89 bits per heavy atom. The Morgan fingerprint density at radius 1 is 1.30 bits per heavy atom. The van der Waals surface area contributed by atoms with Crippen molar-refractivity contribution < 1.29 is 13.9 Å². The van der Waals surface area contributed by atoms with E-state index in [1.54, 1.807) is 23.5 Å². The van der Waals surface area contributed by atoms with E-state index in [4.69, 9.17) is 4.74 Å². The lowest BCUT2D eigenvalue weighted by atomic mass is 9.91. The van der Waals surface area contributed by atoms with Crippen LogP contribution in [0.3, 0.4) is 0 Å². The molecule has 0 saturated carbocycles. The molecule has 0 radical (unpaired) electrons. The quantitative estimate of drug-likeness (QED) is 0.686. The highest BCUT2D eigenvalue weighted by molar-refractivity contribution is 7.16. The minimum absolute atomic E-state index is 0.0434. The number of amides is 1. The Morgan fingerprint density at radius 2 is 2.11 bits per heavy atom. The molecule has 0 aliphatic carbocycles. The third-order valence-electron chi connectivity index (χ3n) is 4.41. The summed E-state index contributed by atoms with van der Waals surface area (Å²) >= 11 is 1.54. The number of rotatable bonds is 5. The maximum Gasteiger partial charge on any atom is 0.226 e. The van der Waals surface area contributed by atoms with Crippen molar-refractivity contribution in [2.24, 2.45) is 0 Å². The van der Waals surface area contributed by atoms with Gasteiger partial charge in [-0.05, 0) is 35.4 Å². The minimum atomic E-state index is -0.266. The van der Waals surface area contributed by atoms with E-state index in [1.807, 2.05) is 31.3 Å². The molecule has 0 bridgehead atoms. The average molecular weight is 383 g/mol. The van der Waals surface area contributed by atoms with Crippen molar-refractivity contribution >= 4 is 28.2 Å². The van der Waals surface area contributed by atoms with Crippen molar-refractivity contribution in [3.05, 3.63) is 70.4 Å². The summed E-state index contributed by atoms with van der Waals surface area (Å²) in [5, 5.41) is 6.64. The molecule has 1 atom stereocenters. The number of anilines is 2. The van der Waals surface area contributed by atoms with E-state index in [1.165, 1.54) is 12.1 Å². The Hall–Kier alpha value is -2.93. The highest BCUT2D eigenvalue weighted by Crippen LogP contribution is 2.42. The highest BCUT2D eigenvalue weighted by Gasteiger charge is 2.30. The first kappa shape index (κ1) is 17.5. The molecule has 1 aliphatic rings. The van der Waals surface area contributed by atoms with E-state index in [-0.39, 0.29) is 17.6 Å². The fourth-order valence-corrected chi connectivity index (χ4v) is 4.07. The number of ether oxygens (including phenoxy) is 1. The van der Waals surface area contributed by atoms with Crippen LogP contribution >= 0.6 is 11.3 Å². The zero-order chi connectivity index (χ0) is 18.8. The molecule has 138 valence electrons. The maximum absolute atomic E-state index is 13.0. The molecule has 0 spiro atoms. The predicted molar refractivity (Wildman–Crippen MR) is 104 cm³/mol. The summed E-state index contributed by atoms with van der Waals surface area (Å²) in [5.74, 6) is 0.976. The van der Waals surface area contributed by atoms with E-state index in [0.717, 1.165) is 21.1 Å². The van der Waals surface area contributed by atoms with Gasteiger partial charge in [0.25, 0.3) is 0 Å². The lowest BCUT2D eigenvalue weighted by molar-refractivity contribution is -0.116. The van der Waals surface area contributed by atoms with Crippen molar-refractivity contribution in [1.82, 2.24) is 4.98 Å². The monoisotopic (exact) mass is 383 g/mol. The van der Waals surface area contributed by atoms with Gasteiger partial charge in [0.2, 0.25) is 5.91 Å². The second-order valence-electron chi connectivity index (χ2n) is 6.27. The van der Waals surface area contributed by atoms with Gasteiger partial charge < -0.3 is 15.4 Å². The number of benzene rings is 2. The number of nitrogens with one attached hydrogen (secondary N) is 2. The molecule has 2 heterocycles. The van der Waals surface area contributed by atoms with Crippen LogP contribution in [0, 0.1) is 5.82 Å². The fourth-order valence-electron chi connectivity index (χ4n) is 3.06. The molecule has 0 saturated heterocycles. The van der Waals surface area contributed by atoms with Crippen LogP contribution in [0.5, 0.6) is 5.75 Å². The lowest BCUT2D eigenvalue weighted by Gasteiger charge is -2.22. The third kappa shape index (κ3) is 3.78. The van der Waals surface area contributed by atoms with Crippen LogP contribution in [0.2, 0.25) is 0 Å². The van der Waals surface area contributed by atoms with E-state index < -0.39 is 0 Å². The molecule has 27 heavy (non-hydrogen) atoms. The van der Waals surface area contributed by atoms with Crippen LogP contribution in [0.1, 0.15) is 28.3 Å². The summed E-state index contributed by atoms with van der Waals surface area (Å²) in [6.07, 6.45) is 0.375. The molecule has 1 aromatic heterocycles. The summed E-state index contributed by atoms with van der Waals surface area (Å²) < 4.78 is 18.9. The number of fused-ring (bicyclic) bond motifs is 1. The van der Waals surface area contributed by atoms with E-state index in [9.17, 15) is 9.18 Å². The van der Waals surface area contributed by atoms with Gasteiger partial charge in [-0.2, -0.15) is 0 Å². The van der Waals surface area contributed by atoms with Crippen LogP contribution in [-0.2, 0) is 11.4 Å². The van der Waals surface area contributed by atoms with Crippen molar-refractivity contribution in [3.8, 4) is 5.75 Å². The van der Waals surface area contributed by atoms with Gasteiger partial charge in [0, 0.05) is 19.4 Å². The Bertz CT molecular complexity index is 972. The van der Waals surface area contributed by atoms with E-state index >= 15 is 0 Å². The van der Waals surface area contributed by atoms with Gasteiger partial charge in [-0.3, -0.25) is 4.79 Å². The Kier molecular flexibility index (Phi) is 4.77. The molecule has 0 unspecified atom stereocenters. The van der Waals surface area contributed by atoms with Crippen molar-refractivity contribution in [2.75, 3.05) is 17.7 Å². The smallest absolute Gasteiger partial charge is 0.226 e. The summed E-state index contributed by atoms with van der Waals surface area (Å²) in [5.41, 5.74) is 1.90. The zero-order valence-electron chi connectivity index (χ0n) is 14.7. The van der Waals surface area contributed by atoms with Gasteiger partial charge in [-0.1, -0.05) is 35.6 Å². The summed E-state index contributed by atoms with van der Waals surface area (Å²) in [6.45, 7) is 0.352. The van der Waals surface area contributed by atoms with Gasteiger partial charge in [0.1, 0.15) is 24.0 Å². The number of nitrogens with zero attached hydrogens (tertiary/aromatic N) is 1. The molecular weight excluding hydrogens is 365 g/mol. The van der Waals surface area contributed by atoms with Crippen molar-refractivity contribution in [1.29, 1.82) is 0 Å². The first-order chi connectivity index (χ1) is 13.1. The van der Waals surface area contributed by atoms with Crippen LogP contribution in [0.15, 0.2) is 48.5 Å². The van der Waals surface area contributed by atoms with Crippen molar-refractivity contribution in [2.45, 2.75) is 18.9 Å². The molecule has 5 nitrogen and oxygen atoms in total. The molecule has 4 rings (SSSR count). The zero-order valence-corrected chi connectivity index (χ0v) is 15.5. The first-order valence-electron chi connectivity index (χ1n) is 8.58. The number of carbonyl (C=O) groups excluding carboxylic acids is 1. The summed E-state index contributed by atoms with van der Waals surface area (Å²) in [4.78, 5) is 17.6. The molecule has 1 aliphatic heterocycles. The highest BCUT2D eigenvalue weighted by atomic mass is 32.1. The van der Waals surface area contributed by atoms with Gasteiger partial charge in [0.15, 0.2) is 5.13 Å². The number of thiazole rings is 1. The number of carbonyl (C=O) groups is 1. The number of aromatic nitrogens is 1. The molecule has 7 heteroatoms. The largest absolute Gasteiger partial charge is 0.489 e. The summed E-state index contributed by atoms with van der Waals surface area (Å²) in [7, 11) is 1.81. The normalized spacial score (nSPS) is 15.8. The van der Waals surface area contributed by atoms with E-state index in [0.29, 0.717) is 24.6 Å². The van der Waals surface area contributed by atoms with Crippen LogP contribution in [0.4, 0.5) is 15.3 Å². The number of halogens is 1. The third-order valence-corrected chi connectivity index (χ3v) is 5.60. The molecular formula is C20H18FN3O2S. The second kappa shape index (κ2) is 7.36. The van der Waals surface area contributed by atoms with Gasteiger partial charge in [-0.25, -0.2) is 9.37 Å². The van der Waals surface area contributed by atoms with Crippen LogP contribution in [0.25, 0.3) is 0 Å². The fraction of sp³-hybridized carbons (Fsp3) is 0.200. The van der Waals surface area contributed by atoms with Gasteiger partial charge >= 0.3 is 0 Å². The molecule has 2 N–H and O–H groups in total. The van der Waals surface area contributed by atoms with Gasteiger partial charge in [-0.15, -0.1) is 0 Å². The number of hydrogen-bond donors (Lipinski definition) is 2. The van der Waals surface area contributed by atoms with Crippen LogP contribution < -0.4 is 15.4 Å². The molecule has 0 fully saturated rings. The molecule has 3 aromatic rings. The van der Waals surface area contributed by atoms with Crippen molar-refractivity contribution in [3.63, 3.8) is 0 Å². The minimum Gasteiger partial charge on any atom is -0.489 e. The Balaban J connectivity index is 1.56. The second-order valence-corrected chi connectivity index (χ2v) is 7.31. The molecule has 1 amide bonds. The standard InChI is InChI=1S/C20H18FN3O2S/c1-22-20-24-19-18(27-20)16(10-17(25)23-19)13-3-2-4-15(9-13)26-11-12-5-7-14(21)8-6-12/h2-9,16H,10-11H2,1H3,(H,22,24)(H,23,25)/t16-/m1/s1. The predicted octanol–water partition coefficient (Wildman–Crippen LogP) is 4.38. The lowest BCUT2D eigenvalue weighted by Crippen LogP contribution is -2.22. The SMILES string of the molecule is CNc1nc2c(s1)[C@@H](c1cccc(OCc3ccc(F)cc3)c1)CC(=O)N2. The first-order valence-corrected chi connectivity index (χ1v) is 9.39.